The number of halogens is 1. The van der Waals surface area contributed by atoms with E-state index in [0.717, 1.165) is 28.0 Å². The monoisotopic (exact) mass is 406 g/mol. The number of thioether (sulfide) groups is 1. The van der Waals surface area contributed by atoms with Gasteiger partial charge in [-0.3, -0.25) is 0 Å². The molecule has 0 N–H and O–H groups in total. The van der Waals surface area contributed by atoms with E-state index in [9.17, 15) is 0 Å². The van der Waals surface area contributed by atoms with Gasteiger partial charge in [-0.2, -0.15) is 0 Å². The van der Waals surface area contributed by atoms with E-state index in [1.54, 1.807) is 0 Å². The molecule has 1 fully saturated rings. The van der Waals surface area contributed by atoms with Crippen LogP contribution in [0.25, 0.3) is 11.5 Å². The lowest BCUT2D eigenvalue weighted by Crippen LogP contribution is -2.08. The molecular formula is C15H15BrN6OS. The minimum absolute atomic E-state index is 0.418. The maximum Gasteiger partial charge on any atom is 0.248 e. The largest absolute Gasteiger partial charge is 0.420 e. The van der Waals surface area contributed by atoms with Crippen molar-refractivity contribution >= 4 is 27.7 Å². The van der Waals surface area contributed by atoms with Crippen LogP contribution in [-0.2, 0) is 5.75 Å². The molecule has 1 aliphatic rings. The second-order valence-electron chi connectivity index (χ2n) is 5.61. The Labute approximate surface area is 151 Å². The van der Waals surface area contributed by atoms with Crippen molar-refractivity contribution in [2.75, 3.05) is 0 Å². The van der Waals surface area contributed by atoms with Crippen LogP contribution in [0.3, 0.4) is 0 Å². The zero-order chi connectivity index (χ0) is 16.4. The van der Waals surface area contributed by atoms with Gasteiger partial charge in [0.25, 0.3) is 0 Å². The summed E-state index contributed by atoms with van der Waals surface area (Å²) in [6.45, 7) is 0. The van der Waals surface area contributed by atoms with Crippen molar-refractivity contribution in [2.24, 2.45) is 0 Å². The van der Waals surface area contributed by atoms with E-state index < -0.39 is 0 Å². The van der Waals surface area contributed by atoms with E-state index in [-0.39, 0.29) is 0 Å². The first-order chi connectivity index (χ1) is 11.8. The van der Waals surface area contributed by atoms with Crippen LogP contribution in [0.5, 0.6) is 0 Å². The van der Waals surface area contributed by atoms with Crippen molar-refractivity contribution in [3.05, 3.63) is 34.6 Å². The van der Waals surface area contributed by atoms with Crippen LogP contribution in [0, 0.1) is 0 Å². The normalized spacial score (nSPS) is 15.2. The van der Waals surface area contributed by atoms with Gasteiger partial charge in [0.2, 0.25) is 16.9 Å². The summed E-state index contributed by atoms with van der Waals surface area (Å²) in [5.41, 5.74) is 0.886. The van der Waals surface area contributed by atoms with Crippen molar-refractivity contribution < 1.29 is 4.42 Å². The number of aromatic nitrogens is 6. The van der Waals surface area contributed by atoms with Gasteiger partial charge < -0.3 is 4.42 Å². The topological polar surface area (TPSA) is 82.5 Å². The number of nitrogens with zero attached hydrogens (tertiary/aromatic N) is 6. The van der Waals surface area contributed by atoms with Crippen LogP contribution in [0.4, 0.5) is 0 Å². The third kappa shape index (κ3) is 3.23. The number of hydrogen-bond donors (Lipinski definition) is 0. The molecule has 0 aliphatic heterocycles. The number of rotatable bonds is 5. The minimum atomic E-state index is 0.418. The lowest BCUT2D eigenvalue weighted by molar-refractivity contribution is 0.422. The van der Waals surface area contributed by atoms with Gasteiger partial charge in [-0.25, -0.2) is 4.68 Å². The van der Waals surface area contributed by atoms with Gasteiger partial charge in [0.15, 0.2) is 0 Å². The molecule has 0 spiro atoms. The third-order valence-electron chi connectivity index (χ3n) is 4.03. The SMILES string of the molecule is Brc1ccccc1-c1nnc(CSc2nnnn2C2CCCC2)o1. The Hall–Kier alpha value is -1.74. The Morgan fingerprint density at radius 3 is 2.83 bits per heavy atom. The van der Waals surface area contributed by atoms with E-state index in [4.69, 9.17) is 4.42 Å². The number of hydrogen-bond acceptors (Lipinski definition) is 7. The van der Waals surface area contributed by atoms with E-state index in [1.165, 1.54) is 24.6 Å². The molecule has 0 radical (unpaired) electrons. The maximum atomic E-state index is 5.76. The Kier molecular flexibility index (Phi) is 4.61. The van der Waals surface area contributed by atoms with Gasteiger partial charge in [0.05, 0.1) is 17.4 Å². The number of benzene rings is 1. The van der Waals surface area contributed by atoms with Crippen LogP contribution in [0.15, 0.2) is 38.3 Å². The summed E-state index contributed by atoms with van der Waals surface area (Å²) in [6, 6.07) is 8.19. The molecule has 124 valence electrons. The predicted octanol–water partition coefficient (Wildman–Crippen LogP) is 3.89. The molecule has 0 saturated heterocycles. The van der Waals surface area contributed by atoms with E-state index in [0.29, 0.717) is 23.6 Å². The molecule has 24 heavy (non-hydrogen) atoms. The summed E-state index contributed by atoms with van der Waals surface area (Å²) in [7, 11) is 0. The van der Waals surface area contributed by atoms with E-state index in [1.807, 2.05) is 28.9 Å². The molecule has 7 nitrogen and oxygen atoms in total. The van der Waals surface area contributed by atoms with Crippen molar-refractivity contribution in [1.29, 1.82) is 0 Å². The van der Waals surface area contributed by atoms with Crippen LogP contribution in [-0.4, -0.2) is 30.4 Å². The summed E-state index contributed by atoms with van der Waals surface area (Å²) in [5, 5.41) is 21.1. The quantitative estimate of drug-likeness (QED) is 0.594. The fraction of sp³-hybridized carbons (Fsp3) is 0.400. The van der Waals surface area contributed by atoms with Gasteiger partial charge in [0.1, 0.15) is 0 Å². The van der Waals surface area contributed by atoms with Crippen LogP contribution < -0.4 is 0 Å². The van der Waals surface area contributed by atoms with Crippen molar-refractivity contribution in [1.82, 2.24) is 30.4 Å². The highest BCUT2D eigenvalue weighted by atomic mass is 79.9. The van der Waals surface area contributed by atoms with Crippen LogP contribution in [0.2, 0.25) is 0 Å². The zero-order valence-electron chi connectivity index (χ0n) is 12.8. The summed E-state index contributed by atoms with van der Waals surface area (Å²) in [5.74, 6) is 1.62. The smallest absolute Gasteiger partial charge is 0.248 e. The lowest BCUT2D eigenvalue weighted by Gasteiger charge is -2.09. The fourth-order valence-electron chi connectivity index (χ4n) is 2.84. The summed E-state index contributed by atoms with van der Waals surface area (Å²) < 4.78 is 8.63. The van der Waals surface area contributed by atoms with Crippen LogP contribution in [0.1, 0.15) is 37.6 Å². The first-order valence-corrected chi connectivity index (χ1v) is 9.57. The minimum Gasteiger partial charge on any atom is -0.420 e. The number of tetrazole rings is 1. The zero-order valence-corrected chi connectivity index (χ0v) is 15.2. The van der Waals surface area contributed by atoms with Crippen molar-refractivity contribution in [3.63, 3.8) is 0 Å². The summed E-state index contributed by atoms with van der Waals surface area (Å²) >= 11 is 5.02. The Morgan fingerprint density at radius 1 is 1.17 bits per heavy atom. The second kappa shape index (κ2) is 7.02. The van der Waals surface area contributed by atoms with E-state index in [2.05, 4.69) is 41.7 Å². The van der Waals surface area contributed by atoms with Crippen LogP contribution >= 0.6 is 27.7 Å². The van der Waals surface area contributed by atoms with Crippen molar-refractivity contribution in [3.8, 4) is 11.5 Å². The summed E-state index contributed by atoms with van der Waals surface area (Å²) in [6.07, 6.45) is 4.78. The molecule has 3 aromatic rings. The first-order valence-electron chi connectivity index (χ1n) is 7.79. The fourth-order valence-corrected chi connectivity index (χ4v) is 4.08. The average Bonchev–Trinajstić information content (AvgIpc) is 3.34. The predicted molar refractivity (Wildman–Crippen MR) is 92.3 cm³/mol. The Bertz CT molecular complexity index is 829. The molecule has 0 atom stereocenters. The average molecular weight is 407 g/mol. The standard InChI is InChI=1S/C15H15BrN6OS/c16-12-8-4-3-7-11(12)14-18-17-13(23-14)9-24-15-19-20-21-22(15)10-5-1-2-6-10/h3-4,7-8,10H,1-2,5-6,9H2. The highest BCUT2D eigenvalue weighted by Crippen LogP contribution is 2.32. The lowest BCUT2D eigenvalue weighted by atomic mass is 10.2. The van der Waals surface area contributed by atoms with Gasteiger partial charge in [0, 0.05) is 4.47 Å². The van der Waals surface area contributed by atoms with Gasteiger partial charge >= 0.3 is 0 Å². The molecule has 0 unspecified atom stereocenters. The van der Waals surface area contributed by atoms with Crippen molar-refractivity contribution in [2.45, 2.75) is 42.6 Å². The molecule has 2 heterocycles. The molecule has 1 saturated carbocycles. The molecule has 1 aliphatic carbocycles. The van der Waals surface area contributed by atoms with Gasteiger partial charge in [-0.1, -0.05) is 36.7 Å². The molecule has 0 amide bonds. The van der Waals surface area contributed by atoms with Gasteiger partial charge in [-0.15, -0.1) is 15.3 Å². The highest BCUT2D eigenvalue weighted by molar-refractivity contribution is 9.10. The first kappa shape index (κ1) is 15.8. The Balaban J connectivity index is 1.46. The molecular weight excluding hydrogens is 392 g/mol. The highest BCUT2D eigenvalue weighted by Gasteiger charge is 2.22. The maximum absolute atomic E-state index is 5.76. The molecule has 0 bridgehead atoms. The molecule has 9 heteroatoms. The Morgan fingerprint density at radius 2 is 2.00 bits per heavy atom. The van der Waals surface area contributed by atoms with E-state index >= 15 is 0 Å². The molecule has 1 aromatic carbocycles. The third-order valence-corrected chi connectivity index (χ3v) is 5.64. The second-order valence-corrected chi connectivity index (χ2v) is 7.41. The van der Waals surface area contributed by atoms with Gasteiger partial charge in [-0.05, 0) is 51.3 Å². The summed E-state index contributed by atoms with van der Waals surface area (Å²) in [4.78, 5) is 0. The molecule has 2 aromatic heterocycles. The molecule has 4 rings (SSSR count).